The molecule has 110 valence electrons. The zero-order valence-electron chi connectivity index (χ0n) is 13.3. The monoisotopic (exact) mass is 274 g/mol. The van der Waals surface area contributed by atoms with E-state index in [0.717, 1.165) is 19.6 Å². The predicted molar refractivity (Wildman–Crippen MR) is 84.2 cm³/mol. The second kappa shape index (κ2) is 5.47. The van der Waals surface area contributed by atoms with Gasteiger partial charge in [-0.1, -0.05) is 26.0 Å². The van der Waals surface area contributed by atoms with Gasteiger partial charge >= 0.3 is 0 Å². The van der Waals surface area contributed by atoms with E-state index in [9.17, 15) is 4.79 Å². The van der Waals surface area contributed by atoms with Crippen molar-refractivity contribution in [3.63, 3.8) is 0 Å². The summed E-state index contributed by atoms with van der Waals surface area (Å²) < 4.78 is 0. The quantitative estimate of drug-likeness (QED) is 0.826. The minimum absolute atomic E-state index is 0.110. The van der Waals surface area contributed by atoms with Gasteiger partial charge in [0.05, 0.1) is 5.54 Å². The summed E-state index contributed by atoms with van der Waals surface area (Å²) in [6.07, 6.45) is 0. The lowest BCUT2D eigenvalue weighted by atomic mass is 9.97. The molecular formula is C17H26N2O. The van der Waals surface area contributed by atoms with E-state index in [1.165, 1.54) is 11.3 Å². The third-order valence-electron chi connectivity index (χ3n) is 4.21. The summed E-state index contributed by atoms with van der Waals surface area (Å²) in [7, 11) is 0. The molecule has 0 aliphatic carbocycles. The smallest absolute Gasteiger partial charge is 0.220 e. The number of piperazine rings is 1. The van der Waals surface area contributed by atoms with Crippen LogP contribution in [0.15, 0.2) is 24.3 Å². The van der Waals surface area contributed by atoms with Gasteiger partial charge in [0.15, 0.2) is 0 Å². The predicted octanol–water partition coefficient (Wildman–Crippen LogP) is 3.26. The van der Waals surface area contributed by atoms with Gasteiger partial charge in [0.25, 0.3) is 0 Å². The normalized spacial score (nSPS) is 18.5. The first-order valence-corrected chi connectivity index (χ1v) is 7.44. The molecule has 0 radical (unpaired) electrons. The number of benzene rings is 1. The lowest BCUT2D eigenvalue weighted by molar-refractivity contribution is -0.134. The molecule has 0 N–H and O–H groups in total. The molecule has 3 nitrogen and oxygen atoms in total. The Bertz CT molecular complexity index is 476. The van der Waals surface area contributed by atoms with Gasteiger partial charge in [-0.3, -0.25) is 4.79 Å². The van der Waals surface area contributed by atoms with Crippen LogP contribution in [0.25, 0.3) is 0 Å². The Morgan fingerprint density at radius 2 is 1.75 bits per heavy atom. The lowest BCUT2D eigenvalue weighted by Crippen LogP contribution is -2.60. The highest BCUT2D eigenvalue weighted by atomic mass is 16.2. The van der Waals surface area contributed by atoms with Crippen LogP contribution in [0.5, 0.6) is 0 Å². The van der Waals surface area contributed by atoms with Gasteiger partial charge in [-0.05, 0) is 37.5 Å². The molecule has 0 unspecified atom stereocenters. The van der Waals surface area contributed by atoms with E-state index >= 15 is 0 Å². The third kappa shape index (κ3) is 2.97. The van der Waals surface area contributed by atoms with Crippen molar-refractivity contribution in [2.75, 3.05) is 24.5 Å². The van der Waals surface area contributed by atoms with Crippen molar-refractivity contribution < 1.29 is 4.79 Å². The molecule has 1 fully saturated rings. The van der Waals surface area contributed by atoms with E-state index in [0.29, 0.717) is 5.92 Å². The third-order valence-corrected chi connectivity index (χ3v) is 4.21. The van der Waals surface area contributed by atoms with Gasteiger partial charge in [-0.15, -0.1) is 0 Å². The van der Waals surface area contributed by atoms with Gasteiger partial charge in [-0.2, -0.15) is 0 Å². The number of hydrogen-bond donors (Lipinski definition) is 0. The molecular weight excluding hydrogens is 248 g/mol. The van der Waals surface area contributed by atoms with Gasteiger partial charge < -0.3 is 9.80 Å². The number of carbonyl (C=O) groups is 1. The molecule has 1 aliphatic rings. The molecule has 0 saturated carbocycles. The fourth-order valence-corrected chi connectivity index (χ4v) is 3.03. The largest absolute Gasteiger partial charge is 0.367 e. The number of hydrogen-bond acceptors (Lipinski definition) is 2. The highest BCUT2D eigenvalue weighted by Gasteiger charge is 2.35. The summed E-state index contributed by atoms with van der Waals surface area (Å²) in [5.41, 5.74) is 2.52. The summed E-state index contributed by atoms with van der Waals surface area (Å²) in [4.78, 5) is 16.0. The number of rotatable bonds is 2. The molecule has 1 amide bonds. The maximum absolute atomic E-state index is 11.7. The summed E-state index contributed by atoms with van der Waals surface area (Å²) in [6, 6.07) is 8.83. The van der Waals surface area contributed by atoms with E-state index < -0.39 is 0 Å². The van der Waals surface area contributed by atoms with E-state index in [2.05, 4.69) is 56.9 Å². The first-order valence-electron chi connectivity index (χ1n) is 7.44. The van der Waals surface area contributed by atoms with Crippen LogP contribution in [0.3, 0.4) is 0 Å². The van der Waals surface area contributed by atoms with E-state index in [-0.39, 0.29) is 11.4 Å². The maximum Gasteiger partial charge on any atom is 0.220 e. The Morgan fingerprint density at radius 3 is 2.20 bits per heavy atom. The van der Waals surface area contributed by atoms with Crippen molar-refractivity contribution in [3.05, 3.63) is 29.8 Å². The molecule has 0 atom stereocenters. The fraction of sp³-hybridized carbons (Fsp3) is 0.588. The van der Waals surface area contributed by atoms with Gasteiger partial charge in [0, 0.05) is 32.2 Å². The van der Waals surface area contributed by atoms with E-state index in [1.807, 2.05) is 4.90 Å². The summed E-state index contributed by atoms with van der Waals surface area (Å²) in [5.74, 6) is 0.736. The maximum atomic E-state index is 11.7. The molecule has 0 bridgehead atoms. The van der Waals surface area contributed by atoms with Crippen molar-refractivity contribution in [1.29, 1.82) is 0 Å². The number of amides is 1. The average molecular weight is 274 g/mol. The standard InChI is InChI=1S/C17H26N2O/c1-13(2)15-6-8-16(9-7-15)18-10-11-19(14(3)20)17(4,5)12-18/h6-9,13H,10-12H2,1-5H3. The van der Waals surface area contributed by atoms with Crippen LogP contribution in [0, 0.1) is 0 Å². The number of anilines is 1. The van der Waals surface area contributed by atoms with Crippen LogP contribution in [0.4, 0.5) is 5.69 Å². The lowest BCUT2D eigenvalue weighted by Gasteiger charge is -2.47. The topological polar surface area (TPSA) is 23.6 Å². The Labute approximate surface area is 122 Å². The molecule has 1 saturated heterocycles. The summed E-state index contributed by atoms with van der Waals surface area (Å²) >= 11 is 0. The van der Waals surface area contributed by atoms with Crippen molar-refractivity contribution >= 4 is 11.6 Å². The summed E-state index contributed by atoms with van der Waals surface area (Å²) in [6.45, 7) is 13.0. The van der Waals surface area contributed by atoms with Crippen molar-refractivity contribution in [2.45, 2.75) is 46.1 Å². The van der Waals surface area contributed by atoms with Crippen molar-refractivity contribution in [3.8, 4) is 0 Å². The zero-order valence-corrected chi connectivity index (χ0v) is 13.3. The number of carbonyl (C=O) groups excluding carboxylic acids is 1. The van der Waals surface area contributed by atoms with Crippen molar-refractivity contribution in [2.24, 2.45) is 0 Å². The van der Waals surface area contributed by atoms with Crippen LogP contribution < -0.4 is 4.90 Å². The first-order chi connectivity index (χ1) is 9.31. The molecule has 20 heavy (non-hydrogen) atoms. The summed E-state index contributed by atoms with van der Waals surface area (Å²) in [5, 5.41) is 0. The fourth-order valence-electron chi connectivity index (χ4n) is 3.03. The van der Waals surface area contributed by atoms with Gasteiger partial charge in [0.1, 0.15) is 0 Å². The molecule has 1 heterocycles. The van der Waals surface area contributed by atoms with Crippen LogP contribution >= 0.6 is 0 Å². The van der Waals surface area contributed by atoms with Gasteiger partial charge in [0.2, 0.25) is 5.91 Å². The second-order valence-corrected chi connectivity index (χ2v) is 6.65. The molecule has 3 heteroatoms. The Kier molecular flexibility index (Phi) is 4.07. The minimum atomic E-state index is -0.110. The Balaban J connectivity index is 2.13. The van der Waals surface area contributed by atoms with Crippen molar-refractivity contribution in [1.82, 2.24) is 4.90 Å². The van der Waals surface area contributed by atoms with Crippen LogP contribution in [-0.2, 0) is 4.79 Å². The molecule has 0 aromatic heterocycles. The molecule has 1 aromatic rings. The Hall–Kier alpha value is -1.51. The van der Waals surface area contributed by atoms with Gasteiger partial charge in [-0.25, -0.2) is 0 Å². The van der Waals surface area contributed by atoms with Crippen LogP contribution in [0.1, 0.15) is 46.1 Å². The second-order valence-electron chi connectivity index (χ2n) is 6.65. The van der Waals surface area contributed by atoms with E-state index in [1.54, 1.807) is 6.92 Å². The molecule has 1 aromatic carbocycles. The van der Waals surface area contributed by atoms with Crippen LogP contribution in [0.2, 0.25) is 0 Å². The number of nitrogens with zero attached hydrogens (tertiary/aromatic N) is 2. The van der Waals surface area contributed by atoms with Crippen LogP contribution in [-0.4, -0.2) is 36.0 Å². The minimum Gasteiger partial charge on any atom is -0.367 e. The molecule has 0 spiro atoms. The molecule has 2 rings (SSSR count). The first kappa shape index (κ1) is 14.9. The van der Waals surface area contributed by atoms with E-state index in [4.69, 9.17) is 0 Å². The highest BCUT2D eigenvalue weighted by Crippen LogP contribution is 2.27. The highest BCUT2D eigenvalue weighted by molar-refractivity contribution is 5.74. The zero-order chi connectivity index (χ0) is 14.9. The average Bonchev–Trinajstić information content (AvgIpc) is 2.37. The Morgan fingerprint density at radius 1 is 1.15 bits per heavy atom. The molecule has 1 aliphatic heterocycles. The SMILES string of the molecule is CC(=O)N1CCN(c2ccc(C(C)C)cc2)CC1(C)C.